The second-order valence-electron chi connectivity index (χ2n) is 5.01. The summed E-state index contributed by atoms with van der Waals surface area (Å²) >= 11 is 0. The molecule has 1 aromatic rings. The Morgan fingerprint density at radius 2 is 2.21 bits per heavy atom. The van der Waals surface area contributed by atoms with E-state index in [1.54, 1.807) is 12.1 Å². The Bertz CT molecular complexity index is 514. The van der Waals surface area contributed by atoms with Gasteiger partial charge in [-0.05, 0) is 30.0 Å². The van der Waals surface area contributed by atoms with Crippen molar-refractivity contribution in [2.75, 3.05) is 11.9 Å². The molecule has 0 saturated carbocycles. The maximum Gasteiger partial charge on any atom is 0.237 e. The van der Waals surface area contributed by atoms with Crippen molar-refractivity contribution < 1.29 is 14.0 Å². The molecule has 1 aromatic carbocycles. The van der Waals surface area contributed by atoms with Gasteiger partial charge in [-0.25, -0.2) is 4.39 Å². The van der Waals surface area contributed by atoms with Gasteiger partial charge in [0.1, 0.15) is 11.7 Å². The lowest BCUT2D eigenvalue weighted by Gasteiger charge is -2.11. The summed E-state index contributed by atoms with van der Waals surface area (Å²) in [5.74, 6) is -1.58. The Hall–Kier alpha value is -1.91. The first kappa shape index (κ1) is 13.5. The van der Waals surface area contributed by atoms with Crippen LogP contribution in [-0.2, 0) is 9.59 Å². The number of hydrogen-bond donors (Lipinski definition) is 2. The fourth-order valence-corrected chi connectivity index (χ4v) is 2.15. The van der Waals surface area contributed by atoms with Crippen LogP contribution < -0.4 is 10.6 Å². The molecule has 1 fully saturated rings. The number of rotatable bonds is 3. The molecule has 0 radical (unpaired) electrons. The largest absolute Gasteiger partial charge is 0.355 e. The number of nitrogens with one attached hydrogen (secondary N) is 2. The van der Waals surface area contributed by atoms with Crippen molar-refractivity contribution in [3.63, 3.8) is 0 Å². The van der Waals surface area contributed by atoms with E-state index >= 15 is 0 Å². The van der Waals surface area contributed by atoms with E-state index in [1.165, 1.54) is 6.07 Å². The van der Waals surface area contributed by atoms with Crippen molar-refractivity contribution in [1.29, 1.82) is 0 Å². The zero-order valence-corrected chi connectivity index (χ0v) is 11.0. The molecule has 1 heterocycles. The smallest absolute Gasteiger partial charge is 0.237 e. The van der Waals surface area contributed by atoms with E-state index < -0.39 is 5.92 Å². The summed E-state index contributed by atoms with van der Waals surface area (Å²) in [6, 6.07) is 4.60. The van der Waals surface area contributed by atoms with Gasteiger partial charge in [0.15, 0.2) is 0 Å². The van der Waals surface area contributed by atoms with Gasteiger partial charge in [0.2, 0.25) is 11.8 Å². The first-order valence-electron chi connectivity index (χ1n) is 6.37. The van der Waals surface area contributed by atoms with Crippen LogP contribution in [0.3, 0.4) is 0 Å². The summed E-state index contributed by atoms with van der Waals surface area (Å²) < 4.78 is 13.8. The first-order valence-corrected chi connectivity index (χ1v) is 6.37. The molecule has 1 atom stereocenters. The van der Waals surface area contributed by atoms with Crippen LogP contribution in [0.15, 0.2) is 18.2 Å². The number of amides is 2. The topological polar surface area (TPSA) is 58.2 Å². The molecule has 2 N–H and O–H groups in total. The Morgan fingerprint density at radius 3 is 2.74 bits per heavy atom. The van der Waals surface area contributed by atoms with Crippen molar-refractivity contribution in [2.45, 2.75) is 26.2 Å². The lowest BCUT2D eigenvalue weighted by molar-refractivity contribution is -0.130. The van der Waals surface area contributed by atoms with Gasteiger partial charge < -0.3 is 10.6 Å². The summed E-state index contributed by atoms with van der Waals surface area (Å²) in [6.45, 7) is 4.32. The summed E-state index contributed by atoms with van der Waals surface area (Å²) in [5, 5.41) is 5.18. The van der Waals surface area contributed by atoms with Gasteiger partial charge in [0.25, 0.3) is 0 Å². The van der Waals surface area contributed by atoms with E-state index in [0.717, 1.165) is 0 Å². The summed E-state index contributed by atoms with van der Waals surface area (Å²) in [5.41, 5.74) is 0.989. The quantitative estimate of drug-likeness (QED) is 0.821. The van der Waals surface area contributed by atoms with E-state index in [1.807, 2.05) is 13.8 Å². The number of anilines is 1. The molecular weight excluding hydrogens is 247 g/mol. The normalized spacial score (nSPS) is 18.5. The lowest BCUT2D eigenvalue weighted by atomic mass is 10.0. The number of carbonyl (C=O) groups is 2. The number of carbonyl (C=O) groups excluding carboxylic acids is 2. The fraction of sp³-hybridized carbons (Fsp3) is 0.429. The Balaban J connectivity index is 2.09. The fourth-order valence-electron chi connectivity index (χ4n) is 2.15. The van der Waals surface area contributed by atoms with Crippen molar-refractivity contribution in [3.05, 3.63) is 29.6 Å². The molecule has 102 valence electrons. The van der Waals surface area contributed by atoms with Crippen molar-refractivity contribution in [1.82, 2.24) is 5.32 Å². The number of hydrogen-bond acceptors (Lipinski definition) is 2. The molecule has 0 spiro atoms. The minimum atomic E-state index is -0.673. The summed E-state index contributed by atoms with van der Waals surface area (Å²) in [6.07, 6.45) is 0.483. The Kier molecular flexibility index (Phi) is 3.83. The van der Waals surface area contributed by atoms with Crippen LogP contribution in [0, 0.1) is 11.7 Å². The molecule has 1 saturated heterocycles. The van der Waals surface area contributed by atoms with Gasteiger partial charge in [-0.15, -0.1) is 0 Å². The predicted molar refractivity (Wildman–Crippen MR) is 70.2 cm³/mol. The number of benzene rings is 1. The van der Waals surface area contributed by atoms with Crippen molar-refractivity contribution >= 4 is 17.5 Å². The third-order valence-corrected chi connectivity index (χ3v) is 3.26. The van der Waals surface area contributed by atoms with Crippen LogP contribution in [0.1, 0.15) is 31.7 Å². The van der Waals surface area contributed by atoms with Crippen molar-refractivity contribution in [3.8, 4) is 0 Å². The zero-order valence-electron chi connectivity index (χ0n) is 11.0. The van der Waals surface area contributed by atoms with Gasteiger partial charge in [0.05, 0.1) is 0 Å². The molecule has 19 heavy (non-hydrogen) atoms. The minimum Gasteiger partial charge on any atom is -0.355 e. The summed E-state index contributed by atoms with van der Waals surface area (Å²) in [4.78, 5) is 23.2. The Morgan fingerprint density at radius 1 is 1.47 bits per heavy atom. The van der Waals surface area contributed by atoms with Gasteiger partial charge in [0, 0.05) is 12.2 Å². The molecule has 1 unspecified atom stereocenters. The zero-order chi connectivity index (χ0) is 14.0. The SMILES string of the molecule is CC(C)c1ccc(NC(=O)C2CCNC2=O)cc1F. The Labute approximate surface area is 111 Å². The van der Waals surface area contributed by atoms with Gasteiger partial charge in [-0.2, -0.15) is 0 Å². The van der Waals surface area contributed by atoms with Crippen LogP contribution in [0.4, 0.5) is 10.1 Å². The maximum absolute atomic E-state index is 13.8. The van der Waals surface area contributed by atoms with Gasteiger partial charge in [-0.1, -0.05) is 19.9 Å². The third-order valence-electron chi connectivity index (χ3n) is 3.26. The third kappa shape index (κ3) is 2.92. The van der Waals surface area contributed by atoms with E-state index in [-0.39, 0.29) is 23.5 Å². The molecule has 2 amide bonds. The van der Waals surface area contributed by atoms with E-state index in [0.29, 0.717) is 24.2 Å². The maximum atomic E-state index is 13.8. The highest BCUT2D eigenvalue weighted by molar-refractivity contribution is 6.07. The van der Waals surface area contributed by atoms with Crippen LogP contribution in [0.5, 0.6) is 0 Å². The van der Waals surface area contributed by atoms with Crippen LogP contribution in [-0.4, -0.2) is 18.4 Å². The molecule has 5 heteroatoms. The van der Waals surface area contributed by atoms with E-state index in [4.69, 9.17) is 0 Å². The standard InChI is InChI=1S/C14H17FN2O2/c1-8(2)10-4-3-9(7-12(10)15)17-14(19)11-5-6-16-13(11)18/h3-4,7-8,11H,5-6H2,1-2H3,(H,16,18)(H,17,19). The molecule has 0 bridgehead atoms. The second-order valence-corrected chi connectivity index (χ2v) is 5.01. The molecule has 4 nitrogen and oxygen atoms in total. The number of halogens is 1. The highest BCUT2D eigenvalue weighted by atomic mass is 19.1. The van der Waals surface area contributed by atoms with Crippen LogP contribution in [0.25, 0.3) is 0 Å². The van der Waals surface area contributed by atoms with Gasteiger partial charge in [-0.3, -0.25) is 9.59 Å². The van der Waals surface area contributed by atoms with Crippen LogP contribution in [0.2, 0.25) is 0 Å². The monoisotopic (exact) mass is 264 g/mol. The molecule has 1 aliphatic heterocycles. The van der Waals surface area contributed by atoms with E-state index in [9.17, 15) is 14.0 Å². The first-order chi connectivity index (χ1) is 8.99. The highest BCUT2D eigenvalue weighted by Crippen LogP contribution is 2.22. The average Bonchev–Trinajstić information content (AvgIpc) is 2.75. The highest BCUT2D eigenvalue weighted by Gasteiger charge is 2.31. The van der Waals surface area contributed by atoms with Gasteiger partial charge >= 0.3 is 0 Å². The minimum absolute atomic E-state index is 0.0883. The molecular formula is C14H17FN2O2. The average molecular weight is 264 g/mol. The van der Waals surface area contributed by atoms with Crippen LogP contribution >= 0.6 is 0 Å². The van der Waals surface area contributed by atoms with E-state index in [2.05, 4.69) is 10.6 Å². The molecule has 0 aliphatic carbocycles. The summed E-state index contributed by atoms with van der Waals surface area (Å²) in [7, 11) is 0. The second kappa shape index (κ2) is 5.38. The molecule has 1 aliphatic rings. The lowest BCUT2D eigenvalue weighted by Crippen LogP contribution is -2.29. The molecule has 2 rings (SSSR count). The predicted octanol–water partition coefficient (Wildman–Crippen LogP) is 2.02. The molecule has 0 aromatic heterocycles. The van der Waals surface area contributed by atoms with Crippen molar-refractivity contribution in [2.24, 2.45) is 5.92 Å².